The summed E-state index contributed by atoms with van der Waals surface area (Å²) < 4.78 is 0. The predicted octanol–water partition coefficient (Wildman–Crippen LogP) is 1.40. The zero-order valence-corrected chi connectivity index (χ0v) is 12.0. The number of amides is 1. The lowest BCUT2D eigenvalue weighted by molar-refractivity contribution is -0.140. The maximum atomic E-state index is 12.6. The highest BCUT2D eigenvalue weighted by Gasteiger charge is 2.42. The molecule has 0 bridgehead atoms. The highest BCUT2D eigenvalue weighted by molar-refractivity contribution is 6.04. The molecule has 1 unspecified atom stereocenters. The summed E-state index contributed by atoms with van der Waals surface area (Å²) in [6.45, 7) is 5.61. The Morgan fingerprint density at radius 3 is 2.50 bits per heavy atom. The van der Waals surface area contributed by atoms with Crippen molar-refractivity contribution in [2.24, 2.45) is 11.1 Å². The minimum absolute atomic E-state index is 0.327. The first-order valence-electron chi connectivity index (χ1n) is 6.63. The van der Waals surface area contributed by atoms with E-state index in [-0.39, 0.29) is 5.91 Å². The maximum absolute atomic E-state index is 12.6. The number of rotatable bonds is 2. The molecule has 1 aromatic carbocycles. The SMILES string of the molecule is CC(C)(C)[C@H](N)C(=O)N1c2ccccc2CC1C(=O)O. The fourth-order valence-electron chi connectivity index (χ4n) is 2.38. The van der Waals surface area contributed by atoms with Crippen molar-refractivity contribution in [1.29, 1.82) is 0 Å². The van der Waals surface area contributed by atoms with Crippen LogP contribution >= 0.6 is 0 Å². The number of carboxylic acid groups (broad SMARTS) is 1. The van der Waals surface area contributed by atoms with Gasteiger partial charge in [0.25, 0.3) is 0 Å². The van der Waals surface area contributed by atoms with Crippen LogP contribution in [0.1, 0.15) is 26.3 Å². The third kappa shape index (κ3) is 2.41. The van der Waals surface area contributed by atoms with Crippen molar-refractivity contribution in [2.45, 2.75) is 39.3 Å². The topological polar surface area (TPSA) is 83.6 Å². The van der Waals surface area contributed by atoms with E-state index in [1.807, 2.05) is 32.9 Å². The largest absolute Gasteiger partial charge is 0.480 e. The number of carbonyl (C=O) groups is 2. The Morgan fingerprint density at radius 1 is 1.35 bits per heavy atom. The number of benzene rings is 1. The highest BCUT2D eigenvalue weighted by Crippen LogP contribution is 2.34. The van der Waals surface area contributed by atoms with Crippen molar-refractivity contribution in [3.05, 3.63) is 29.8 Å². The first-order chi connectivity index (χ1) is 9.23. The normalized spacial score (nSPS) is 19.6. The first-order valence-corrected chi connectivity index (χ1v) is 6.63. The lowest BCUT2D eigenvalue weighted by atomic mass is 9.86. The minimum atomic E-state index is -1.00. The molecule has 20 heavy (non-hydrogen) atoms. The van der Waals surface area contributed by atoms with Gasteiger partial charge in [-0.1, -0.05) is 39.0 Å². The standard InChI is InChI=1S/C15H20N2O3/c1-15(2,3)12(16)13(18)17-10-7-5-4-6-9(10)8-11(17)14(19)20/h4-7,11-12H,8,16H2,1-3H3,(H,19,20)/t11?,12-/m1/s1. The van der Waals surface area contributed by atoms with Gasteiger partial charge in [-0.15, -0.1) is 0 Å². The molecule has 0 saturated carbocycles. The van der Waals surface area contributed by atoms with Gasteiger partial charge in [-0.25, -0.2) is 4.79 Å². The van der Waals surface area contributed by atoms with Crippen molar-refractivity contribution in [1.82, 2.24) is 0 Å². The summed E-state index contributed by atoms with van der Waals surface area (Å²) in [6, 6.07) is 5.65. The lowest BCUT2D eigenvalue weighted by Gasteiger charge is -2.32. The van der Waals surface area contributed by atoms with E-state index in [0.717, 1.165) is 5.56 Å². The molecule has 1 amide bonds. The number of para-hydroxylation sites is 1. The second-order valence-electron chi connectivity index (χ2n) is 6.24. The highest BCUT2D eigenvalue weighted by atomic mass is 16.4. The molecule has 0 fully saturated rings. The summed E-state index contributed by atoms with van der Waals surface area (Å²) in [4.78, 5) is 25.4. The van der Waals surface area contributed by atoms with Gasteiger partial charge >= 0.3 is 5.97 Å². The molecule has 0 spiro atoms. The van der Waals surface area contributed by atoms with Crippen LogP contribution in [0.15, 0.2) is 24.3 Å². The van der Waals surface area contributed by atoms with Gasteiger partial charge in [0.15, 0.2) is 0 Å². The third-order valence-electron chi connectivity index (χ3n) is 3.70. The van der Waals surface area contributed by atoms with Crippen LogP contribution in [0, 0.1) is 5.41 Å². The molecule has 5 heteroatoms. The van der Waals surface area contributed by atoms with Crippen LogP contribution in [0.25, 0.3) is 0 Å². The average Bonchev–Trinajstić information content (AvgIpc) is 2.75. The van der Waals surface area contributed by atoms with Crippen molar-refractivity contribution < 1.29 is 14.7 Å². The molecule has 0 saturated heterocycles. The van der Waals surface area contributed by atoms with Crippen LogP contribution in [-0.2, 0) is 16.0 Å². The van der Waals surface area contributed by atoms with E-state index in [4.69, 9.17) is 5.73 Å². The number of carbonyl (C=O) groups excluding carboxylic acids is 1. The number of nitrogens with two attached hydrogens (primary N) is 1. The second-order valence-corrected chi connectivity index (χ2v) is 6.24. The van der Waals surface area contributed by atoms with E-state index in [2.05, 4.69) is 0 Å². The Hall–Kier alpha value is -1.88. The van der Waals surface area contributed by atoms with Crippen LogP contribution in [0.3, 0.4) is 0 Å². The molecule has 0 radical (unpaired) electrons. The number of hydrogen-bond donors (Lipinski definition) is 2. The Labute approximate surface area is 118 Å². The fourth-order valence-corrected chi connectivity index (χ4v) is 2.38. The monoisotopic (exact) mass is 276 g/mol. The molecular formula is C15H20N2O3. The molecule has 0 aromatic heterocycles. The summed E-state index contributed by atoms with van der Waals surface area (Å²) in [5.74, 6) is -1.34. The Balaban J connectivity index is 2.41. The van der Waals surface area contributed by atoms with E-state index in [0.29, 0.717) is 12.1 Å². The molecule has 108 valence electrons. The molecule has 0 aliphatic carbocycles. The second kappa shape index (κ2) is 4.90. The Morgan fingerprint density at radius 2 is 1.95 bits per heavy atom. The van der Waals surface area contributed by atoms with Crippen LogP contribution in [-0.4, -0.2) is 29.1 Å². The summed E-state index contributed by atoms with van der Waals surface area (Å²) in [5, 5.41) is 9.35. The molecule has 3 N–H and O–H groups in total. The lowest BCUT2D eigenvalue weighted by Crippen LogP contribution is -2.54. The van der Waals surface area contributed by atoms with Crippen molar-refractivity contribution >= 4 is 17.6 Å². The molecular weight excluding hydrogens is 256 g/mol. The predicted molar refractivity (Wildman–Crippen MR) is 76.5 cm³/mol. The van der Waals surface area contributed by atoms with E-state index in [1.165, 1.54) is 4.90 Å². The number of anilines is 1. The van der Waals surface area contributed by atoms with Gasteiger partial charge in [-0.3, -0.25) is 9.69 Å². The van der Waals surface area contributed by atoms with E-state index < -0.39 is 23.5 Å². The van der Waals surface area contributed by atoms with Gasteiger partial charge < -0.3 is 10.8 Å². The number of fused-ring (bicyclic) bond motifs is 1. The van der Waals surface area contributed by atoms with E-state index in [9.17, 15) is 14.7 Å². The zero-order valence-electron chi connectivity index (χ0n) is 12.0. The van der Waals surface area contributed by atoms with E-state index >= 15 is 0 Å². The number of aliphatic carboxylic acids is 1. The molecule has 5 nitrogen and oxygen atoms in total. The van der Waals surface area contributed by atoms with E-state index in [1.54, 1.807) is 12.1 Å². The van der Waals surface area contributed by atoms with Crippen LogP contribution in [0.4, 0.5) is 5.69 Å². The Bertz CT molecular complexity index is 548. The third-order valence-corrected chi connectivity index (χ3v) is 3.70. The van der Waals surface area contributed by atoms with Gasteiger partial charge in [0.2, 0.25) is 5.91 Å². The van der Waals surface area contributed by atoms with Crippen molar-refractivity contribution in [3.63, 3.8) is 0 Å². The van der Waals surface area contributed by atoms with Crippen LogP contribution in [0.5, 0.6) is 0 Å². The van der Waals surface area contributed by atoms with Crippen LogP contribution in [0.2, 0.25) is 0 Å². The smallest absolute Gasteiger partial charge is 0.327 e. The maximum Gasteiger partial charge on any atom is 0.327 e. The van der Waals surface area contributed by atoms with Gasteiger partial charge in [-0.2, -0.15) is 0 Å². The van der Waals surface area contributed by atoms with Gasteiger partial charge in [0, 0.05) is 12.1 Å². The number of carboxylic acids is 1. The molecule has 1 aliphatic heterocycles. The number of hydrogen-bond acceptors (Lipinski definition) is 3. The van der Waals surface area contributed by atoms with Crippen molar-refractivity contribution in [3.8, 4) is 0 Å². The summed E-state index contributed by atoms with van der Waals surface area (Å²) in [7, 11) is 0. The fraction of sp³-hybridized carbons (Fsp3) is 0.467. The molecule has 2 rings (SSSR count). The summed E-state index contributed by atoms with van der Waals surface area (Å²) in [5.41, 5.74) is 7.12. The Kier molecular flexibility index (Phi) is 3.56. The number of nitrogens with zero attached hydrogens (tertiary/aromatic N) is 1. The quantitative estimate of drug-likeness (QED) is 0.855. The van der Waals surface area contributed by atoms with Gasteiger partial charge in [0.05, 0.1) is 6.04 Å². The molecule has 1 aromatic rings. The van der Waals surface area contributed by atoms with Crippen LogP contribution < -0.4 is 10.6 Å². The summed E-state index contributed by atoms with van der Waals surface area (Å²) >= 11 is 0. The van der Waals surface area contributed by atoms with Crippen molar-refractivity contribution in [2.75, 3.05) is 4.90 Å². The minimum Gasteiger partial charge on any atom is -0.480 e. The zero-order chi connectivity index (χ0) is 15.1. The molecule has 2 atom stereocenters. The molecule has 1 aliphatic rings. The average molecular weight is 276 g/mol. The van der Waals surface area contributed by atoms with Gasteiger partial charge in [0.1, 0.15) is 6.04 Å². The van der Waals surface area contributed by atoms with Gasteiger partial charge in [-0.05, 0) is 17.0 Å². The first kappa shape index (κ1) is 14.5. The summed E-state index contributed by atoms with van der Waals surface area (Å²) in [6.07, 6.45) is 0.327. The molecule has 1 heterocycles.